The van der Waals surface area contributed by atoms with Crippen LogP contribution in [-0.4, -0.2) is 19.9 Å². The van der Waals surface area contributed by atoms with E-state index in [1.165, 1.54) is 43.4 Å². The largest absolute Gasteiger partial charge is 0.310 e. The molecule has 0 fully saturated rings. The molecule has 57 heavy (non-hydrogen) atoms. The van der Waals surface area contributed by atoms with Gasteiger partial charge in [0.05, 0.1) is 11.0 Å². The van der Waals surface area contributed by atoms with E-state index in [1.54, 1.807) is 0 Å². The van der Waals surface area contributed by atoms with E-state index >= 15 is 0 Å². The fourth-order valence-corrected chi connectivity index (χ4v) is 7.94. The molecule has 0 amide bonds. The number of para-hydroxylation sites is 2. The van der Waals surface area contributed by atoms with Crippen molar-refractivity contribution < 1.29 is 0 Å². The summed E-state index contributed by atoms with van der Waals surface area (Å²) in [6.45, 7) is 0. The number of aromatic nitrogens is 4. The maximum Gasteiger partial charge on any atom is 0.159 e. The number of fused-ring (bicyclic) bond motifs is 6. The maximum absolute atomic E-state index is 4.85. The van der Waals surface area contributed by atoms with Crippen LogP contribution in [0.15, 0.2) is 200 Å². The lowest BCUT2D eigenvalue weighted by molar-refractivity contribution is 1.22. The zero-order chi connectivity index (χ0) is 37.7. The van der Waals surface area contributed by atoms with Crippen LogP contribution in [0.5, 0.6) is 0 Å². The summed E-state index contributed by atoms with van der Waals surface area (Å²) in [5.74, 6) is 1.40. The molecule has 0 aliphatic carbocycles. The standard InChI is InChI=1S/C52H33N5/c1-2-8-37-29-38(14-13-34(37)7-1)39-21-27-47-40(30-39)15-16-41-31-46(26-28-48(41)47)57(44-22-17-35(18-23-44)51-53-32-42-9-3-5-11-49(42)55-51)45-24-19-36(20-25-45)52-54-33-43-10-4-6-12-50(43)56-52/h1-33H. The molecule has 5 nitrogen and oxygen atoms in total. The van der Waals surface area contributed by atoms with Gasteiger partial charge in [0, 0.05) is 51.4 Å². The summed E-state index contributed by atoms with van der Waals surface area (Å²) in [7, 11) is 0. The zero-order valence-electron chi connectivity index (χ0n) is 30.8. The molecule has 266 valence electrons. The van der Waals surface area contributed by atoms with E-state index in [9.17, 15) is 0 Å². The maximum atomic E-state index is 4.85. The number of hydrogen-bond acceptors (Lipinski definition) is 5. The number of anilines is 3. The summed E-state index contributed by atoms with van der Waals surface area (Å²) in [6, 6.07) is 66.4. The van der Waals surface area contributed by atoms with Crippen molar-refractivity contribution >= 4 is 71.2 Å². The Kier molecular flexibility index (Phi) is 7.74. The lowest BCUT2D eigenvalue weighted by Crippen LogP contribution is -2.10. The second kappa shape index (κ2) is 13.5. The van der Waals surface area contributed by atoms with Gasteiger partial charge in [-0.25, -0.2) is 19.9 Å². The second-order valence-electron chi connectivity index (χ2n) is 14.4. The number of hydrogen-bond donors (Lipinski definition) is 0. The van der Waals surface area contributed by atoms with Gasteiger partial charge in [-0.15, -0.1) is 0 Å². The third kappa shape index (κ3) is 5.99. The van der Waals surface area contributed by atoms with Crippen LogP contribution >= 0.6 is 0 Å². The van der Waals surface area contributed by atoms with Crippen molar-refractivity contribution in [3.05, 3.63) is 200 Å². The van der Waals surface area contributed by atoms with Crippen molar-refractivity contribution in [2.75, 3.05) is 4.90 Å². The first-order chi connectivity index (χ1) is 28.2. The van der Waals surface area contributed by atoms with Gasteiger partial charge in [0.25, 0.3) is 0 Å². The quantitative estimate of drug-likeness (QED) is 0.160. The molecule has 2 aromatic heterocycles. The molecule has 11 aromatic rings. The molecule has 9 aromatic carbocycles. The van der Waals surface area contributed by atoms with Crippen molar-refractivity contribution in [1.82, 2.24) is 19.9 Å². The SMILES string of the molecule is c1ccc2cc(-c3ccc4c(ccc5cc(N(c6ccc(-c7ncc8ccccc8n7)cc6)c6ccc(-c7ncc8ccccc8n7)cc6)ccc54)c3)ccc2c1. The zero-order valence-corrected chi connectivity index (χ0v) is 30.8. The highest BCUT2D eigenvalue weighted by atomic mass is 15.1. The highest BCUT2D eigenvalue weighted by Gasteiger charge is 2.16. The lowest BCUT2D eigenvalue weighted by Gasteiger charge is -2.26. The topological polar surface area (TPSA) is 54.8 Å². The fourth-order valence-electron chi connectivity index (χ4n) is 7.94. The Bertz CT molecular complexity index is 3180. The molecule has 0 bridgehead atoms. The molecule has 11 rings (SSSR count). The van der Waals surface area contributed by atoms with Crippen LogP contribution in [0.2, 0.25) is 0 Å². The normalized spacial score (nSPS) is 11.5. The van der Waals surface area contributed by atoms with Crippen LogP contribution in [0.3, 0.4) is 0 Å². The molecule has 0 unspecified atom stereocenters. The number of rotatable bonds is 6. The molecule has 0 radical (unpaired) electrons. The van der Waals surface area contributed by atoms with Gasteiger partial charge in [-0.1, -0.05) is 103 Å². The fraction of sp³-hybridized carbons (Fsp3) is 0. The smallest absolute Gasteiger partial charge is 0.159 e. The third-order valence-electron chi connectivity index (χ3n) is 10.9. The van der Waals surface area contributed by atoms with E-state index in [4.69, 9.17) is 9.97 Å². The summed E-state index contributed by atoms with van der Waals surface area (Å²) < 4.78 is 0. The Morgan fingerprint density at radius 2 is 0.719 bits per heavy atom. The average molecular weight is 728 g/mol. The highest BCUT2D eigenvalue weighted by molar-refractivity contribution is 6.09. The summed E-state index contributed by atoms with van der Waals surface area (Å²) in [5, 5.41) is 9.39. The predicted octanol–water partition coefficient (Wildman–Crippen LogP) is 13.5. The minimum absolute atomic E-state index is 0.702. The molecule has 0 atom stereocenters. The van der Waals surface area contributed by atoms with Gasteiger partial charge < -0.3 is 4.90 Å². The molecular weight excluding hydrogens is 695 g/mol. The summed E-state index contributed by atoms with van der Waals surface area (Å²) in [6.07, 6.45) is 3.78. The van der Waals surface area contributed by atoms with E-state index in [0.29, 0.717) is 11.6 Å². The van der Waals surface area contributed by atoms with E-state index in [2.05, 4.69) is 154 Å². The molecule has 0 saturated heterocycles. The minimum Gasteiger partial charge on any atom is -0.310 e. The Morgan fingerprint density at radius 1 is 0.298 bits per heavy atom. The van der Waals surface area contributed by atoms with Crippen LogP contribution in [0, 0.1) is 0 Å². The molecular formula is C52H33N5. The van der Waals surface area contributed by atoms with Gasteiger partial charge in [-0.3, -0.25) is 0 Å². The summed E-state index contributed by atoms with van der Waals surface area (Å²) in [4.78, 5) is 21.4. The Labute approximate surface area is 329 Å². The van der Waals surface area contributed by atoms with Gasteiger partial charge in [-0.2, -0.15) is 0 Å². The highest BCUT2D eigenvalue weighted by Crippen LogP contribution is 2.39. The van der Waals surface area contributed by atoms with Gasteiger partial charge in [0.2, 0.25) is 0 Å². The first-order valence-electron chi connectivity index (χ1n) is 19.1. The van der Waals surface area contributed by atoms with E-state index < -0.39 is 0 Å². The Hall–Kier alpha value is -7.76. The van der Waals surface area contributed by atoms with Gasteiger partial charge in [0.1, 0.15) is 0 Å². The van der Waals surface area contributed by atoms with Crippen molar-refractivity contribution in [3.8, 4) is 33.9 Å². The van der Waals surface area contributed by atoms with E-state index in [1.807, 2.05) is 60.9 Å². The van der Waals surface area contributed by atoms with Crippen molar-refractivity contribution in [2.24, 2.45) is 0 Å². The van der Waals surface area contributed by atoms with E-state index in [-0.39, 0.29) is 0 Å². The van der Waals surface area contributed by atoms with Crippen molar-refractivity contribution in [2.45, 2.75) is 0 Å². The summed E-state index contributed by atoms with van der Waals surface area (Å²) in [5.41, 5.74) is 9.31. The van der Waals surface area contributed by atoms with Crippen LogP contribution in [0.4, 0.5) is 17.1 Å². The molecule has 0 aliphatic heterocycles. The van der Waals surface area contributed by atoms with E-state index in [0.717, 1.165) is 50.0 Å². The van der Waals surface area contributed by atoms with Gasteiger partial charge in [0.15, 0.2) is 11.6 Å². The van der Waals surface area contributed by atoms with Crippen molar-refractivity contribution in [1.29, 1.82) is 0 Å². The average Bonchev–Trinajstić information content (AvgIpc) is 3.29. The summed E-state index contributed by atoms with van der Waals surface area (Å²) >= 11 is 0. The van der Waals surface area contributed by atoms with Crippen LogP contribution in [0.25, 0.3) is 88.0 Å². The molecule has 0 saturated carbocycles. The number of benzene rings is 9. The molecule has 2 heterocycles. The van der Waals surface area contributed by atoms with Crippen LogP contribution in [-0.2, 0) is 0 Å². The molecule has 0 spiro atoms. The second-order valence-corrected chi connectivity index (χ2v) is 14.4. The minimum atomic E-state index is 0.702. The molecule has 0 N–H and O–H groups in total. The first-order valence-corrected chi connectivity index (χ1v) is 19.1. The molecule has 0 aliphatic rings. The first kappa shape index (κ1) is 32.7. The predicted molar refractivity (Wildman–Crippen MR) is 236 cm³/mol. The van der Waals surface area contributed by atoms with Gasteiger partial charge in [-0.05, 0) is 128 Å². The number of nitrogens with zero attached hydrogens (tertiary/aromatic N) is 5. The lowest BCUT2D eigenvalue weighted by atomic mass is 9.96. The van der Waals surface area contributed by atoms with Crippen LogP contribution < -0.4 is 4.90 Å². The van der Waals surface area contributed by atoms with Crippen molar-refractivity contribution in [3.63, 3.8) is 0 Å². The Balaban J connectivity index is 0.981. The monoisotopic (exact) mass is 727 g/mol. The Morgan fingerprint density at radius 3 is 1.32 bits per heavy atom. The van der Waals surface area contributed by atoms with Crippen LogP contribution in [0.1, 0.15) is 0 Å². The molecule has 5 heteroatoms. The van der Waals surface area contributed by atoms with Gasteiger partial charge >= 0.3 is 0 Å². The third-order valence-corrected chi connectivity index (χ3v) is 10.9.